The molecule has 1 unspecified atom stereocenters. The van der Waals surface area contributed by atoms with Gasteiger partial charge in [-0.3, -0.25) is 0 Å². The smallest absolute Gasteiger partial charge is 0.00883 e. The van der Waals surface area contributed by atoms with Crippen LogP contribution in [0.3, 0.4) is 0 Å². The highest BCUT2D eigenvalue weighted by molar-refractivity contribution is 8.17. The van der Waals surface area contributed by atoms with Crippen LogP contribution in [-0.2, 0) is 6.42 Å². The van der Waals surface area contributed by atoms with Gasteiger partial charge in [-0.05, 0) is 45.8 Å². The molecule has 1 aromatic heterocycles. The Balaban J connectivity index is 2.49. The Morgan fingerprint density at radius 3 is 2.80 bits per heavy atom. The van der Waals surface area contributed by atoms with E-state index in [-0.39, 0.29) is 0 Å². The van der Waals surface area contributed by atoms with E-state index in [1.165, 1.54) is 19.3 Å². The molecule has 0 aliphatic carbocycles. The van der Waals surface area contributed by atoms with Gasteiger partial charge in [0.25, 0.3) is 0 Å². The molecule has 10 heavy (non-hydrogen) atoms. The lowest BCUT2D eigenvalue weighted by atomic mass is 10.2. The number of hydrogen-bond acceptors (Lipinski definition) is 0. The van der Waals surface area contributed by atoms with E-state index in [9.17, 15) is 0 Å². The Kier molecular flexibility index (Phi) is 3.93. The van der Waals surface area contributed by atoms with Crippen molar-refractivity contribution < 1.29 is 0 Å². The summed E-state index contributed by atoms with van der Waals surface area (Å²) >= 11 is 0. The summed E-state index contributed by atoms with van der Waals surface area (Å²) in [6.45, 7) is 4.57. The summed E-state index contributed by atoms with van der Waals surface area (Å²) in [5.41, 5.74) is 0. The van der Waals surface area contributed by atoms with Gasteiger partial charge in [-0.25, -0.2) is 0 Å². The topological polar surface area (TPSA) is 0 Å². The van der Waals surface area contributed by atoms with Crippen molar-refractivity contribution in [3.63, 3.8) is 0 Å². The minimum absolute atomic E-state index is 1.11. The highest BCUT2D eigenvalue weighted by Gasteiger charge is 1.97. The zero-order valence-corrected chi connectivity index (χ0v) is 9.30. The largest absolute Gasteiger partial charge is 0.102 e. The summed E-state index contributed by atoms with van der Waals surface area (Å²) in [6.07, 6.45) is 4.09. The van der Waals surface area contributed by atoms with Crippen LogP contribution >= 0.6 is 23.3 Å². The Morgan fingerprint density at radius 2 is 2.30 bits per heavy atom. The van der Waals surface area contributed by atoms with Crippen LogP contribution in [0, 0.1) is 6.92 Å². The van der Waals surface area contributed by atoms with Crippen LogP contribution in [0.15, 0.2) is 0 Å². The fraction of sp³-hybridized carbons (Fsp3) is 0.714. The molecule has 1 rings (SSSR count). The van der Waals surface area contributed by atoms with Crippen LogP contribution in [0.5, 0.6) is 0 Å². The third-order valence-corrected chi connectivity index (χ3v) is 7.57. The predicted octanol–water partition coefficient (Wildman–Crippen LogP) is 4.53. The molecule has 1 aromatic rings. The van der Waals surface area contributed by atoms with E-state index in [0.717, 1.165) is 7.87 Å². The maximum Gasteiger partial charge on any atom is -0.00883 e. The van der Waals surface area contributed by atoms with E-state index in [4.69, 9.17) is 0 Å². The van der Waals surface area contributed by atoms with E-state index in [1.54, 1.807) is 26.0 Å². The number of hydrogen-bond donors (Lipinski definition) is 0. The average molecular weight is 190 g/mol. The molecule has 0 fully saturated rings. The number of rotatable bonds is 3. The molecule has 0 radical (unpaired) electrons. The van der Waals surface area contributed by atoms with Crippen LogP contribution in [0.25, 0.3) is 0 Å². The molecule has 56 valence electrons. The second-order valence-corrected chi connectivity index (χ2v) is 8.07. The summed E-state index contributed by atoms with van der Waals surface area (Å²) in [4.78, 5) is 0. The molecule has 0 aliphatic rings. The van der Waals surface area contributed by atoms with Gasteiger partial charge in [0, 0.05) is 0 Å². The van der Waals surface area contributed by atoms with Crippen LogP contribution in [0.2, 0.25) is 0 Å². The van der Waals surface area contributed by atoms with Crippen molar-refractivity contribution in [3.8, 4) is 0 Å². The first-order chi connectivity index (χ1) is 4.84. The summed E-state index contributed by atoms with van der Waals surface area (Å²) < 4.78 is 0. The molecule has 3 heteroatoms. The standard InChI is InChI=1S/C7H13P3/c1-3-4-5-7-6(2)8-10-9-7/h8H,3-5H2,1-2H3. The third-order valence-electron chi connectivity index (χ3n) is 1.59. The van der Waals surface area contributed by atoms with Gasteiger partial charge in [0.05, 0.1) is 0 Å². The zero-order chi connectivity index (χ0) is 7.40. The van der Waals surface area contributed by atoms with E-state index in [0.29, 0.717) is 0 Å². The van der Waals surface area contributed by atoms with Crippen molar-refractivity contribution in [3.05, 3.63) is 10.6 Å². The summed E-state index contributed by atoms with van der Waals surface area (Å²) in [7, 11) is 4.35. The molecule has 0 saturated heterocycles. The van der Waals surface area contributed by atoms with Crippen LogP contribution in [-0.4, -0.2) is 0 Å². The molecular formula is C7H13P3. The van der Waals surface area contributed by atoms with Crippen molar-refractivity contribution >= 4 is 23.3 Å². The molecule has 0 N–H and O–H groups in total. The Morgan fingerprint density at radius 1 is 1.50 bits per heavy atom. The van der Waals surface area contributed by atoms with E-state index in [2.05, 4.69) is 13.8 Å². The normalized spacial score (nSPS) is 12.6. The Labute approximate surface area is 67.5 Å². The first-order valence-electron chi connectivity index (χ1n) is 3.71. The van der Waals surface area contributed by atoms with Gasteiger partial charge in [0.15, 0.2) is 0 Å². The minimum Gasteiger partial charge on any atom is -0.102 e. The van der Waals surface area contributed by atoms with Gasteiger partial charge >= 0.3 is 0 Å². The predicted molar refractivity (Wildman–Crippen MR) is 54.3 cm³/mol. The van der Waals surface area contributed by atoms with E-state index < -0.39 is 0 Å². The monoisotopic (exact) mass is 190 g/mol. The SMILES string of the molecule is CCCCc1pp[pH]c1C. The van der Waals surface area contributed by atoms with E-state index in [1.807, 2.05) is 0 Å². The van der Waals surface area contributed by atoms with Crippen molar-refractivity contribution in [2.45, 2.75) is 33.1 Å². The maximum atomic E-state index is 2.30. The molecule has 0 aromatic carbocycles. The lowest BCUT2D eigenvalue weighted by molar-refractivity contribution is 0.802. The number of unbranched alkanes of at least 4 members (excludes halogenated alkanes) is 1. The zero-order valence-electron chi connectivity index (χ0n) is 6.52. The van der Waals surface area contributed by atoms with Gasteiger partial charge in [0.1, 0.15) is 0 Å². The summed E-state index contributed by atoms with van der Waals surface area (Å²) in [5, 5.41) is 3.43. The van der Waals surface area contributed by atoms with Crippen molar-refractivity contribution in [2.75, 3.05) is 0 Å². The fourth-order valence-corrected chi connectivity index (χ4v) is 7.75. The van der Waals surface area contributed by atoms with Crippen LogP contribution in [0.4, 0.5) is 0 Å². The van der Waals surface area contributed by atoms with Crippen molar-refractivity contribution in [1.29, 1.82) is 0 Å². The fourth-order valence-electron chi connectivity index (χ4n) is 0.882. The first kappa shape index (κ1) is 8.73. The van der Waals surface area contributed by atoms with Crippen molar-refractivity contribution in [2.24, 2.45) is 0 Å². The molecular weight excluding hydrogens is 177 g/mol. The second-order valence-electron chi connectivity index (χ2n) is 2.49. The molecule has 0 spiro atoms. The van der Waals surface area contributed by atoms with Crippen molar-refractivity contribution in [1.82, 2.24) is 0 Å². The second kappa shape index (κ2) is 4.50. The molecule has 0 nitrogen and oxygen atoms in total. The molecule has 0 aliphatic heterocycles. The molecule has 0 saturated carbocycles. The molecule has 0 amide bonds. The van der Waals surface area contributed by atoms with E-state index >= 15 is 0 Å². The minimum atomic E-state index is 1.11. The summed E-state index contributed by atoms with van der Waals surface area (Å²) in [5.74, 6) is 0. The Hall–Kier alpha value is 0.640. The summed E-state index contributed by atoms with van der Waals surface area (Å²) in [6, 6.07) is 0. The average Bonchev–Trinajstić information content (AvgIpc) is 2.31. The molecule has 1 atom stereocenters. The third kappa shape index (κ3) is 2.35. The van der Waals surface area contributed by atoms with Gasteiger partial charge < -0.3 is 0 Å². The highest BCUT2D eigenvalue weighted by atomic mass is 32.1. The molecule has 1 heterocycles. The highest BCUT2D eigenvalue weighted by Crippen LogP contribution is 2.41. The molecule has 0 bridgehead atoms. The number of aryl methyl sites for hydroxylation is 2. The quantitative estimate of drug-likeness (QED) is 0.656. The lowest BCUT2D eigenvalue weighted by Gasteiger charge is -1.94. The van der Waals surface area contributed by atoms with Gasteiger partial charge in [0.2, 0.25) is 0 Å². The maximum absolute atomic E-state index is 2.30. The first-order valence-corrected chi connectivity index (χ1v) is 8.04. The van der Waals surface area contributed by atoms with Gasteiger partial charge in [-0.15, -0.1) is 7.87 Å². The Bertz CT molecular complexity index is 192. The van der Waals surface area contributed by atoms with Gasteiger partial charge in [-0.2, -0.15) is 0 Å². The lowest BCUT2D eigenvalue weighted by Crippen LogP contribution is -1.79. The van der Waals surface area contributed by atoms with Crippen LogP contribution < -0.4 is 0 Å². The van der Waals surface area contributed by atoms with Gasteiger partial charge in [-0.1, -0.05) is 13.3 Å². The van der Waals surface area contributed by atoms with Crippen LogP contribution in [0.1, 0.15) is 30.4 Å².